The Morgan fingerprint density at radius 2 is 2.11 bits per heavy atom. The minimum Gasteiger partial charge on any atom is -0.387 e. The van der Waals surface area contributed by atoms with Crippen LogP contribution in [0.25, 0.3) is 11.2 Å². The third-order valence-electron chi connectivity index (χ3n) is 4.17. The number of nitrogens with zero attached hydrogens (tertiary/aromatic N) is 5. The smallest absolute Gasteiger partial charge is 0.387 e. The zero-order chi connectivity index (χ0) is 19.2. The molecule has 0 saturated carbocycles. The molecule has 3 aromatic heterocycles. The summed E-state index contributed by atoms with van der Waals surface area (Å²) in [6.45, 7) is -0.471. The van der Waals surface area contributed by atoms with E-state index >= 15 is 0 Å². The maximum atomic E-state index is 12.1. The molecule has 144 valence electrons. The number of fused-ring (bicyclic) bond motifs is 1. The molecule has 13 nitrogen and oxygen atoms in total. The lowest BCUT2D eigenvalue weighted by Gasteiger charge is -2.18. The number of H-pyrrole nitrogens is 1. The van der Waals surface area contributed by atoms with E-state index in [4.69, 9.17) is 9.26 Å². The van der Waals surface area contributed by atoms with Crippen LogP contribution < -0.4 is 5.56 Å². The Labute approximate surface area is 150 Å². The molecule has 0 aliphatic carbocycles. The Morgan fingerprint density at radius 1 is 1.30 bits per heavy atom. The lowest BCUT2D eigenvalue weighted by Crippen LogP contribution is -2.33. The molecule has 27 heavy (non-hydrogen) atoms. The van der Waals surface area contributed by atoms with Crippen LogP contribution in [-0.4, -0.2) is 68.9 Å². The molecule has 0 spiro atoms. The Morgan fingerprint density at radius 3 is 2.85 bits per heavy atom. The van der Waals surface area contributed by atoms with Crippen LogP contribution in [0.15, 0.2) is 36.2 Å². The first-order valence-corrected chi connectivity index (χ1v) is 9.29. The number of imidazole rings is 2. The average molecular weight is 398 g/mol. The van der Waals surface area contributed by atoms with Crippen LogP contribution in [0.3, 0.4) is 0 Å². The molecular formula is C13H15N6O7P. The standard InChI is InChI=1S/C13H15N6O7P/c20-9-7(3-25-27(23,24)18-2-1-14-5-18)26-13(10(9)21)19-6-17-8-11(19)15-4-16-12(8)22/h1-2,4-7,9-10,13,20-21H,3H2,(H,23,24)(H,15,16,22)/t7-,9-,10-,13-/m1/s1. The number of ether oxygens (including phenoxy) is 1. The molecule has 1 aliphatic heterocycles. The van der Waals surface area contributed by atoms with E-state index in [9.17, 15) is 24.5 Å². The predicted molar refractivity (Wildman–Crippen MR) is 87.5 cm³/mol. The summed E-state index contributed by atoms with van der Waals surface area (Å²) in [5.41, 5.74) is -0.265. The van der Waals surface area contributed by atoms with Gasteiger partial charge in [-0.1, -0.05) is 0 Å². The zero-order valence-corrected chi connectivity index (χ0v) is 14.5. The first kappa shape index (κ1) is 18.0. The second-order valence-electron chi connectivity index (χ2n) is 5.83. The van der Waals surface area contributed by atoms with E-state index in [1.807, 2.05) is 0 Å². The van der Waals surface area contributed by atoms with Gasteiger partial charge in [-0.15, -0.1) is 0 Å². The van der Waals surface area contributed by atoms with E-state index in [1.54, 1.807) is 0 Å². The zero-order valence-electron chi connectivity index (χ0n) is 13.6. The fourth-order valence-corrected chi connectivity index (χ4v) is 3.68. The monoisotopic (exact) mass is 398 g/mol. The summed E-state index contributed by atoms with van der Waals surface area (Å²) in [6, 6.07) is 0. The molecule has 0 radical (unpaired) electrons. The van der Waals surface area contributed by atoms with Gasteiger partial charge < -0.3 is 24.8 Å². The summed E-state index contributed by atoms with van der Waals surface area (Å²) in [5, 5.41) is 20.5. The number of aliphatic hydroxyl groups excluding tert-OH is 2. The number of nitrogens with one attached hydrogen (secondary N) is 1. The van der Waals surface area contributed by atoms with Crippen molar-refractivity contribution in [2.24, 2.45) is 0 Å². The van der Waals surface area contributed by atoms with Gasteiger partial charge in [0.1, 0.15) is 24.6 Å². The van der Waals surface area contributed by atoms with Crippen molar-refractivity contribution < 1.29 is 28.9 Å². The third-order valence-corrected chi connectivity index (χ3v) is 5.47. The van der Waals surface area contributed by atoms with E-state index in [0.717, 1.165) is 10.7 Å². The lowest BCUT2D eigenvalue weighted by molar-refractivity contribution is -0.0487. The SMILES string of the molecule is O=c1[nH]cnc2c1ncn2[C@@H]1O[C@H](COP(=O)(O)n2ccnc2)[C@@H](O)[C@H]1O. The molecule has 3 aromatic rings. The number of hydrogen-bond donors (Lipinski definition) is 4. The molecular weight excluding hydrogens is 383 g/mol. The van der Waals surface area contributed by atoms with Crippen LogP contribution in [-0.2, 0) is 13.8 Å². The van der Waals surface area contributed by atoms with Gasteiger partial charge in [-0.2, -0.15) is 0 Å². The average Bonchev–Trinajstić information content (AvgIpc) is 3.36. The number of aromatic nitrogens is 6. The van der Waals surface area contributed by atoms with Gasteiger partial charge in [-0.05, 0) is 0 Å². The summed E-state index contributed by atoms with van der Waals surface area (Å²) in [4.78, 5) is 35.6. The molecule has 0 aromatic carbocycles. The highest BCUT2D eigenvalue weighted by Crippen LogP contribution is 2.44. The Kier molecular flexibility index (Phi) is 4.42. The highest BCUT2D eigenvalue weighted by atomic mass is 31.2. The van der Waals surface area contributed by atoms with E-state index < -0.39 is 44.5 Å². The molecule has 4 N–H and O–H groups in total. The second kappa shape index (κ2) is 6.64. The quantitative estimate of drug-likeness (QED) is 0.374. The minimum atomic E-state index is -4.22. The van der Waals surface area contributed by atoms with Gasteiger partial charge >= 0.3 is 7.75 Å². The molecule has 1 fully saturated rings. The Balaban J connectivity index is 1.53. The van der Waals surface area contributed by atoms with Gasteiger partial charge in [0.15, 0.2) is 17.4 Å². The predicted octanol–water partition coefficient (Wildman–Crippen LogP) is -1.40. The van der Waals surface area contributed by atoms with Crippen molar-refractivity contribution in [2.75, 3.05) is 6.61 Å². The van der Waals surface area contributed by atoms with E-state index in [1.165, 1.54) is 29.6 Å². The number of rotatable bonds is 5. The van der Waals surface area contributed by atoms with Gasteiger partial charge in [0.2, 0.25) is 0 Å². The molecule has 1 unspecified atom stereocenters. The highest BCUT2D eigenvalue weighted by Gasteiger charge is 2.45. The number of aliphatic hydroxyl groups is 2. The van der Waals surface area contributed by atoms with Crippen LogP contribution in [0.1, 0.15) is 6.23 Å². The normalized spacial score (nSPS) is 27.8. The fourth-order valence-electron chi connectivity index (χ4n) is 2.78. The van der Waals surface area contributed by atoms with Gasteiger partial charge in [0.05, 0.1) is 19.3 Å². The summed E-state index contributed by atoms with van der Waals surface area (Å²) in [5.74, 6) is 0. The molecule has 4 heterocycles. The van der Waals surface area contributed by atoms with Gasteiger partial charge in [-0.3, -0.25) is 13.9 Å². The van der Waals surface area contributed by atoms with Crippen molar-refractivity contribution >= 4 is 18.9 Å². The van der Waals surface area contributed by atoms with Crippen LogP contribution in [0.5, 0.6) is 0 Å². The van der Waals surface area contributed by atoms with Crippen molar-refractivity contribution in [2.45, 2.75) is 24.5 Å². The summed E-state index contributed by atoms with van der Waals surface area (Å²) in [7, 11) is -4.22. The first-order chi connectivity index (χ1) is 12.9. The van der Waals surface area contributed by atoms with Crippen LogP contribution in [0.4, 0.5) is 0 Å². The van der Waals surface area contributed by atoms with Gasteiger partial charge in [0, 0.05) is 12.4 Å². The maximum absolute atomic E-state index is 12.1. The van der Waals surface area contributed by atoms with Crippen molar-refractivity contribution in [3.05, 3.63) is 41.7 Å². The molecule has 1 saturated heterocycles. The minimum absolute atomic E-state index is 0.0439. The van der Waals surface area contributed by atoms with Crippen LogP contribution >= 0.6 is 7.75 Å². The fraction of sp³-hybridized carbons (Fsp3) is 0.385. The Hall–Kier alpha value is -2.41. The van der Waals surface area contributed by atoms with Crippen molar-refractivity contribution in [3.63, 3.8) is 0 Å². The van der Waals surface area contributed by atoms with Crippen molar-refractivity contribution in [1.82, 2.24) is 28.8 Å². The van der Waals surface area contributed by atoms with Crippen molar-refractivity contribution in [1.29, 1.82) is 0 Å². The summed E-state index contributed by atoms with van der Waals surface area (Å²) >= 11 is 0. The summed E-state index contributed by atoms with van der Waals surface area (Å²) < 4.78 is 24.9. The topological polar surface area (TPSA) is 178 Å². The molecule has 0 amide bonds. The highest BCUT2D eigenvalue weighted by molar-refractivity contribution is 7.51. The van der Waals surface area contributed by atoms with Gasteiger partial charge in [0.25, 0.3) is 5.56 Å². The lowest BCUT2D eigenvalue weighted by atomic mass is 10.1. The number of aromatic amines is 1. The van der Waals surface area contributed by atoms with E-state index in [2.05, 4.69) is 19.9 Å². The Bertz CT molecular complexity index is 1050. The molecule has 14 heteroatoms. The molecule has 0 bridgehead atoms. The van der Waals surface area contributed by atoms with E-state index in [-0.39, 0.29) is 11.2 Å². The van der Waals surface area contributed by atoms with Gasteiger partial charge in [-0.25, -0.2) is 23.9 Å². The molecule has 1 aliphatic rings. The van der Waals surface area contributed by atoms with Crippen LogP contribution in [0, 0.1) is 0 Å². The van der Waals surface area contributed by atoms with E-state index in [0.29, 0.717) is 0 Å². The summed E-state index contributed by atoms with van der Waals surface area (Å²) in [6.07, 6.45) is 1.09. The number of hydrogen-bond acceptors (Lipinski definition) is 9. The molecule has 4 rings (SSSR count). The largest absolute Gasteiger partial charge is 0.437 e. The third kappa shape index (κ3) is 3.10. The second-order valence-corrected chi connectivity index (χ2v) is 7.53. The van der Waals surface area contributed by atoms with Crippen molar-refractivity contribution in [3.8, 4) is 0 Å². The maximum Gasteiger partial charge on any atom is 0.437 e. The van der Waals surface area contributed by atoms with Crippen LogP contribution in [0.2, 0.25) is 0 Å². The first-order valence-electron chi connectivity index (χ1n) is 7.76. The molecule has 5 atom stereocenters.